The maximum atomic E-state index is 13.9. The fourth-order valence-corrected chi connectivity index (χ4v) is 8.28. The van der Waals surface area contributed by atoms with E-state index in [4.69, 9.17) is 0 Å². The number of fused-ring (bicyclic) bond motifs is 1. The number of nitrogens with zero attached hydrogens (tertiary/aromatic N) is 4. The first-order chi connectivity index (χ1) is 20.8. The van der Waals surface area contributed by atoms with Crippen LogP contribution in [0, 0.1) is 5.92 Å². The lowest BCUT2D eigenvalue weighted by Gasteiger charge is -2.35. The van der Waals surface area contributed by atoms with E-state index in [2.05, 4.69) is 35.9 Å². The van der Waals surface area contributed by atoms with Crippen molar-refractivity contribution in [1.29, 1.82) is 0 Å². The van der Waals surface area contributed by atoms with Gasteiger partial charge in [0.2, 0.25) is 11.8 Å². The molecule has 234 valence electrons. The summed E-state index contributed by atoms with van der Waals surface area (Å²) in [7, 11) is 0. The SMILES string of the molecule is CC(C)CCN1C(=O)C(CC(=O)N2CCC(n3c(=O)[nH]c4ccccc43)CC2)S[C@H]1c1ccccc1N1CCC(O)CC1.[HH].[HH]. The van der Waals surface area contributed by atoms with Crippen LogP contribution < -0.4 is 10.6 Å². The Kier molecular flexibility index (Phi) is 8.86. The van der Waals surface area contributed by atoms with Crippen molar-refractivity contribution in [2.45, 2.75) is 75.1 Å². The Morgan fingerprint density at radius 2 is 1.70 bits per heavy atom. The molecule has 2 amide bonds. The van der Waals surface area contributed by atoms with Crippen molar-refractivity contribution in [1.82, 2.24) is 19.4 Å². The molecule has 0 radical (unpaired) electrons. The van der Waals surface area contributed by atoms with Gasteiger partial charge in [-0.2, -0.15) is 0 Å². The molecule has 0 bridgehead atoms. The van der Waals surface area contributed by atoms with E-state index in [1.165, 1.54) is 0 Å². The molecular weight excluding hydrogens is 562 g/mol. The summed E-state index contributed by atoms with van der Waals surface area (Å²) in [5.74, 6) is 0.523. The minimum absolute atomic E-state index is 0. The predicted molar refractivity (Wildman–Crippen MR) is 175 cm³/mol. The van der Waals surface area contributed by atoms with E-state index in [0.717, 1.165) is 54.6 Å². The number of benzene rings is 2. The van der Waals surface area contributed by atoms with Gasteiger partial charge in [0.15, 0.2) is 0 Å². The highest BCUT2D eigenvalue weighted by molar-refractivity contribution is 8.01. The molecule has 0 spiro atoms. The number of anilines is 1. The third-order valence-electron chi connectivity index (χ3n) is 9.26. The van der Waals surface area contributed by atoms with E-state index < -0.39 is 5.25 Å². The number of nitrogens with one attached hydrogen (secondary N) is 1. The zero-order valence-electron chi connectivity index (χ0n) is 25.2. The van der Waals surface area contributed by atoms with Crippen molar-refractivity contribution < 1.29 is 17.5 Å². The van der Waals surface area contributed by atoms with Crippen LogP contribution in [0.3, 0.4) is 0 Å². The number of amides is 2. The van der Waals surface area contributed by atoms with Crippen molar-refractivity contribution in [3.63, 3.8) is 0 Å². The van der Waals surface area contributed by atoms with Gasteiger partial charge in [0.05, 0.1) is 22.4 Å². The molecule has 2 aromatic carbocycles. The van der Waals surface area contributed by atoms with Gasteiger partial charge in [0, 0.05) is 59.3 Å². The monoisotopic (exact) mass is 609 g/mol. The first-order valence-electron chi connectivity index (χ1n) is 15.7. The molecule has 0 saturated carbocycles. The van der Waals surface area contributed by atoms with Crippen LogP contribution in [0.15, 0.2) is 53.3 Å². The lowest BCUT2D eigenvalue weighted by Crippen LogP contribution is -2.42. The molecule has 6 rings (SSSR count). The van der Waals surface area contributed by atoms with Crippen molar-refractivity contribution >= 4 is 40.3 Å². The van der Waals surface area contributed by atoms with Gasteiger partial charge in [-0.1, -0.05) is 44.2 Å². The summed E-state index contributed by atoms with van der Waals surface area (Å²) in [5, 5.41) is 9.49. The Bertz CT molecular complexity index is 1510. The summed E-state index contributed by atoms with van der Waals surface area (Å²) < 4.78 is 1.84. The third-order valence-corrected chi connectivity index (χ3v) is 10.7. The van der Waals surface area contributed by atoms with Crippen LogP contribution in [0.5, 0.6) is 0 Å². The average Bonchev–Trinajstić information content (AvgIpc) is 3.51. The van der Waals surface area contributed by atoms with Gasteiger partial charge in [-0.3, -0.25) is 14.2 Å². The molecule has 0 aliphatic carbocycles. The number of carbonyl (C=O) groups excluding carboxylic acids is 2. The smallest absolute Gasteiger partial charge is 0.326 e. The van der Waals surface area contributed by atoms with E-state index >= 15 is 0 Å². The van der Waals surface area contributed by atoms with Crippen LogP contribution >= 0.6 is 11.8 Å². The highest BCUT2D eigenvalue weighted by Crippen LogP contribution is 2.47. The Morgan fingerprint density at radius 1 is 1.00 bits per heavy atom. The second-order valence-corrected chi connectivity index (χ2v) is 13.9. The molecule has 9 nitrogen and oxygen atoms in total. The van der Waals surface area contributed by atoms with Crippen LogP contribution in [0.2, 0.25) is 0 Å². The number of carbonyl (C=O) groups is 2. The van der Waals surface area contributed by atoms with E-state index in [-0.39, 0.29) is 44.3 Å². The van der Waals surface area contributed by atoms with Gasteiger partial charge in [-0.05, 0) is 56.2 Å². The Labute approximate surface area is 260 Å². The van der Waals surface area contributed by atoms with Crippen molar-refractivity contribution in [2.75, 3.05) is 37.6 Å². The molecule has 10 heteroatoms. The van der Waals surface area contributed by atoms with Crippen molar-refractivity contribution in [3.05, 3.63) is 64.6 Å². The Hall–Kier alpha value is -3.24. The summed E-state index contributed by atoms with van der Waals surface area (Å²) in [5.41, 5.74) is 3.86. The van der Waals surface area contributed by atoms with Crippen LogP contribution in [0.25, 0.3) is 11.0 Å². The maximum absolute atomic E-state index is 13.9. The molecule has 3 fully saturated rings. The zero-order chi connectivity index (χ0) is 30.1. The average molecular weight is 610 g/mol. The summed E-state index contributed by atoms with van der Waals surface area (Å²) in [4.78, 5) is 49.3. The first-order valence-corrected chi connectivity index (χ1v) is 16.7. The number of aliphatic hydroxyl groups is 1. The lowest BCUT2D eigenvalue weighted by molar-refractivity contribution is -0.136. The van der Waals surface area contributed by atoms with Crippen molar-refractivity contribution in [3.8, 4) is 0 Å². The number of hydrogen-bond donors (Lipinski definition) is 2. The van der Waals surface area contributed by atoms with E-state index in [1.807, 2.05) is 50.8 Å². The largest absolute Gasteiger partial charge is 0.393 e. The molecular formula is C33H47N5O4S. The number of rotatable bonds is 8. The summed E-state index contributed by atoms with van der Waals surface area (Å²) in [6.07, 6.45) is 3.74. The summed E-state index contributed by atoms with van der Waals surface area (Å²) in [6.45, 7) is 7.73. The molecule has 3 aliphatic heterocycles. The Morgan fingerprint density at radius 3 is 2.44 bits per heavy atom. The number of hydrogen-bond acceptors (Lipinski definition) is 6. The van der Waals surface area contributed by atoms with Gasteiger partial charge in [0.1, 0.15) is 5.37 Å². The molecule has 1 unspecified atom stereocenters. The number of aromatic amines is 1. The normalized spacial score (nSPS) is 22.3. The van der Waals surface area contributed by atoms with Crippen LogP contribution in [-0.4, -0.2) is 80.3 Å². The number of imidazole rings is 1. The molecule has 43 heavy (non-hydrogen) atoms. The summed E-state index contributed by atoms with van der Waals surface area (Å²) >= 11 is 1.61. The fraction of sp³-hybridized carbons (Fsp3) is 0.545. The molecule has 2 atom stereocenters. The highest BCUT2D eigenvalue weighted by Gasteiger charge is 2.43. The van der Waals surface area contributed by atoms with Crippen LogP contribution in [0.4, 0.5) is 5.69 Å². The number of aromatic nitrogens is 2. The number of likely N-dealkylation sites (tertiary alicyclic amines) is 1. The van der Waals surface area contributed by atoms with Gasteiger partial charge < -0.3 is 24.8 Å². The zero-order valence-corrected chi connectivity index (χ0v) is 26.0. The number of aliphatic hydroxyl groups excluding tert-OH is 1. The molecule has 2 N–H and O–H groups in total. The number of thioether (sulfide) groups is 1. The van der Waals surface area contributed by atoms with E-state index in [9.17, 15) is 19.5 Å². The quantitative estimate of drug-likeness (QED) is 0.372. The standard InChI is InChI=1S/C33H43N5O4S.2H2/c1-22(2)11-20-37-31(41)29(43-32(37)25-7-3-5-9-27(25)35-18-14-24(39)15-19-35)21-30(40)36-16-12-23(13-17-36)38-28-10-6-4-8-26(28)34-33(38)42;;/h3-10,22-24,29,32,39H,11-21H2,1-2H3,(H,34,42);2*1H/t29?,32-;;/m0../s1. The fourth-order valence-electron chi connectivity index (χ4n) is 6.78. The van der Waals surface area contributed by atoms with Gasteiger partial charge in [0.25, 0.3) is 0 Å². The minimum atomic E-state index is -0.421. The summed E-state index contributed by atoms with van der Waals surface area (Å²) in [6, 6.07) is 16.1. The maximum Gasteiger partial charge on any atom is 0.326 e. The minimum Gasteiger partial charge on any atom is -0.393 e. The van der Waals surface area contributed by atoms with Crippen LogP contribution in [0.1, 0.15) is 72.2 Å². The van der Waals surface area contributed by atoms with Gasteiger partial charge in [-0.15, -0.1) is 11.8 Å². The molecule has 1 aromatic heterocycles. The second-order valence-electron chi connectivity index (χ2n) is 12.6. The number of H-pyrrole nitrogens is 1. The lowest BCUT2D eigenvalue weighted by atomic mass is 10.0. The molecule has 4 heterocycles. The second kappa shape index (κ2) is 12.8. The van der Waals surface area contributed by atoms with Gasteiger partial charge in [-0.25, -0.2) is 4.79 Å². The number of piperidine rings is 2. The van der Waals surface area contributed by atoms with Crippen LogP contribution in [-0.2, 0) is 9.59 Å². The molecule has 3 aliphatic rings. The third kappa shape index (κ3) is 6.22. The first kappa shape index (κ1) is 29.8. The number of para-hydroxylation sites is 3. The molecule has 3 saturated heterocycles. The van der Waals surface area contributed by atoms with Crippen molar-refractivity contribution in [2.24, 2.45) is 5.92 Å². The van der Waals surface area contributed by atoms with E-state index in [1.54, 1.807) is 11.8 Å². The van der Waals surface area contributed by atoms with E-state index in [0.29, 0.717) is 38.4 Å². The predicted octanol–water partition coefficient (Wildman–Crippen LogP) is 5.03. The Balaban J connectivity index is 0.00000230. The highest BCUT2D eigenvalue weighted by atomic mass is 32.2. The molecule has 3 aromatic rings. The topological polar surface area (TPSA) is 102 Å². The van der Waals surface area contributed by atoms with Gasteiger partial charge >= 0.3 is 5.69 Å².